The van der Waals surface area contributed by atoms with Crippen molar-refractivity contribution >= 4 is 29.1 Å². The lowest BCUT2D eigenvalue weighted by atomic mass is 9.77. The molecule has 0 aromatic heterocycles. The Kier molecular flexibility index (Phi) is 8.98. The number of nitrogens with zero attached hydrogens (tertiary/aromatic N) is 1. The maximum atomic E-state index is 7.15. The summed E-state index contributed by atoms with van der Waals surface area (Å²) in [5.74, 6) is 4.36. The molecule has 5 rings (SSSR count). The summed E-state index contributed by atoms with van der Waals surface area (Å²) in [6.45, 7) is 30.1. The van der Waals surface area contributed by atoms with Crippen LogP contribution in [-0.4, -0.2) is 0 Å². The van der Waals surface area contributed by atoms with Crippen molar-refractivity contribution in [3.8, 4) is 22.3 Å². The number of rotatable bonds is 3. The van der Waals surface area contributed by atoms with Crippen molar-refractivity contribution in [1.82, 2.24) is 0 Å². The van der Waals surface area contributed by atoms with Crippen molar-refractivity contribution in [3.05, 3.63) is 92.3 Å². The van der Waals surface area contributed by atoms with E-state index in [1.807, 2.05) is 0 Å². The SMILES string of the molecule is CC1CCCC2=C1S[C]N2c1c(-c2cc(C(C)(C)C)cc(C(C)(C)C)c2)cc(Cl)cc1-c1cc(C(C)(C)C)cc(C(C)(C)C)c1. The smallest absolute Gasteiger partial charge is 0.169 e. The van der Waals surface area contributed by atoms with Gasteiger partial charge in [-0.05, 0) is 92.4 Å². The van der Waals surface area contributed by atoms with E-state index in [0.29, 0.717) is 5.92 Å². The van der Waals surface area contributed by atoms with Gasteiger partial charge in [-0.1, -0.05) is 150 Å². The predicted molar refractivity (Wildman–Crippen MR) is 200 cm³/mol. The zero-order valence-corrected chi connectivity index (χ0v) is 31.6. The molecule has 3 heteroatoms. The topological polar surface area (TPSA) is 3.24 Å². The minimum Gasteiger partial charge on any atom is -0.321 e. The highest BCUT2D eigenvalue weighted by Gasteiger charge is 2.35. The number of halogens is 1. The fourth-order valence-corrected chi connectivity index (χ4v) is 7.64. The fourth-order valence-electron chi connectivity index (χ4n) is 6.40. The van der Waals surface area contributed by atoms with E-state index in [9.17, 15) is 0 Å². The predicted octanol–water partition coefficient (Wildman–Crippen LogP) is 13.4. The zero-order chi connectivity index (χ0) is 33.3. The van der Waals surface area contributed by atoms with E-state index in [1.165, 1.54) is 73.6 Å². The number of allylic oxidation sites excluding steroid dienone is 2. The number of benzene rings is 3. The van der Waals surface area contributed by atoms with E-state index in [1.54, 1.807) is 11.8 Å². The van der Waals surface area contributed by atoms with Crippen LogP contribution in [-0.2, 0) is 21.7 Å². The molecule has 45 heavy (non-hydrogen) atoms. The molecule has 1 nitrogen and oxygen atoms in total. The second-order valence-electron chi connectivity index (χ2n) is 17.6. The van der Waals surface area contributed by atoms with Gasteiger partial charge in [0.2, 0.25) is 0 Å². The highest BCUT2D eigenvalue weighted by molar-refractivity contribution is 8.05. The highest BCUT2D eigenvalue weighted by atomic mass is 35.5. The minimum absolute atomic E-state index is 0.0104. The first-order chi connectivity index (χ1) is 20.6. The molecule has 2 aliphatic rings. The van der Waals surface area contributed by atoms with E-state index in [0.717, 1.165) is 11.4 Å². The average Bonchev–Trinajstić information content (AvgIpc) is 3.35. The summed E-state index contributed by atoms with van der Waals surface area (Å²) < 4.78 is 0. The van der Waals surface area contributed by atoms with E-state index in [4.69, 9.17) is 11.6 Å². The fraction of sp³-hybridized carbons (Fsp3) is 0.500. The molecule has 1 heterocycles. The first-order valence-electron chi connectivity index (χ1n) is 16.8. The van der Waals surface area contributed by atoms with Crippen LogP contribution in [0.15, 0.2) is 59.1 Å². The van der Waals surface area contributed by atoms with Gasteiger partial charge in [-0.2, -0.15) is 0 Å². The van der Waals surface area contributed by atoms with Crippen molar-refractivity contribution < 1.29 is 0 Å². The van der Waals surface area contributed by atoms with E-state index in [2.05, 4.69) is 149 Å². The Hall–Kier alpha value is -2.16. The van der Waals surface area contributed by atoms with Gasteiger partial charge in [0, 0.05) is 26.8 Å². The second-order valence-corrected chi connectivity index (χ2v) is 18.8. The molecule has 0 fully saturated rings. The van der Waals surface area contributed by atoms with Gasteiger partial charge >= 0.3 is 0 Å². The Labute approximate surface area is 284 Å². The van der Waals surface area contributed by atoms with Crippen LogP contribution in [0.3, 0.4) is 0 Å². The second kappa shape index (κ2) is 11.8. The van der Waals surface area contributed by atoms with Crippen LogP contribution in [0.5, 0.6) is 0 Å². The molecular weight excluding hydrogens is 586 g/mol. The first-order valence-corrected chi connectivity index (χ1v) is 18.0. The van der Waals surface area contributed by atoms with Crippen molar-refractivity contribution in [2.45, 2.75) is 131 Å². The summed E-state index contributed by atoms with van der Waals surface area (Å²) in [5.41, 5.74) is 12.8. The number of anilines is 1. The summed E-state index contributed by atoms with van der Waals surface area (Å²) in [7, 11) is 0. The summed E-state index contributed by atoms with van der Waals surface area (Å²) in [6, 6.07) is 18.8. The van der Waals surface area contributed by atoms with E-state index < -0.39 is 0 Å². The monoisotopic (exact) mass is 639 g/mol. The van der Waals surface area contributed by atoms with Gasteiger partial charge < -0.3 is 4.90 Å². The van der Waals surface area contributed by atoms with Crippen molar-refractivity contribution in [2.75, 3.05) is 4.90 Å². The summed E-state index contributed by atoms with van der Waals surface area (Å²) in [5, 5.41) is 0.763. The molecule has 1 aliphatic carbocycles. The molecule has 0 spiro atoms. The summed E-state index contributed by atoms with van der Waals surface area (Å²) in [6.07, 6.45) is 3.52. The molecule has 240 valence electrons. The van der Waals surface area contributed by atoms with Crippen LogP contribution in [0.1, 0.15) is 132 Å². The van der Waals surface area contributed by atoms with Crippen molar-refractivity contribution in [3.63, 3.8) is 0 Å². The van der Waals surface area contributed by atoms with Gasteiger partial charge in [0.15, 0.2) is 5.88 Å². The number of thioether (sulfide) groups is 1. The standard InChI is InChI=1S/C42H54ClNS/c1-26-15-14-16-36-38(26)45-25-44(36)37-34(27-17-29(39(2,3)4)21-30(18-27)40(5,6)7)23-33(43)24-35(37)28-19-31(41(8,9)10)22-32(20-28)42(11,12)13/h17-24,26H,14-16H2,1-13H3. The summed E-state index contributed by atoms with van der Waals surface area (Å²) in [4.78, 5) is 3.89. The largest absolute Gasteiger partial charge is 0.321 e. The Balaban J connectivity index is 1.89. The van der Waals surface area contributed by atoms with E-state index >= 15 is 0 Å². The van der Waals surface area contributed by atoms with Crippen LogP contribution in [0.4, 0.5) is 5.69 Å². The minimum atomic E-state index is 0.0104. The normalized spacial score (nSPS) is 18.1. The molecule has 1 aliphatic heterocycles. The van der Waals surface area contributed by atoms with Crippen molar-refractivity contribution in [2.24, 2.45) is 5.92 Å². The van der Waals surface area contributed by atoms with Gasteiger partial charge in [-0.3, -0.25) is 0 Å². The average molecular weight is 640 g/mol. The molecular formula is C42H54ClNS. The van der Waals surface area contributed by atoms with Crippen molar-refractivity contribution in [1.29, 1.82) is 0 Å². The first kappa shape index (κ1) is 34.2. The van der Waals surface area contributed by atoms with Gasteiger partial charge in [0.1, 0.15) is 0 Å². The molecule has 3 aromatic rings. The maximum Gasteiger partial charge on any atom is 0.169 e. The molecule has 0 amide bonds. The molecule has 3 aromatic carbocycles. The maximum absolute atomic E-state index is 7.15. The Morgan fingerprint density at radius 3 is 1.42 bits per heavy atom. The molecule has 2 radical (unpaired) electrons. The van der Waals surface area contributed by atoms with Crippen LogP contribution in [0.25, 0.3) is 22.3 Å². The van der Waals surface area contributed by atoms with E-state index in [-0.39, 0.29) is 21.7 Å². The molecule has 0 bridgehead atoms. The van der Waals surface area contributed by atoms with Gasteiger partial charge in [-0.15, -0.1) is 0 Å². The quantitative estimate of drug-likeness (QED) is 0.280. The lowest BCUT2D eigenvalue weighted by Gasteiger charge is -2.32. The highest BCUT2D eigenvalue weighted by Crippen LogP contribution is 2.54. The summed E-state index contributed by atoms with van der Waals surface area (Å²) >= 11 is 8.95. The van der Waals surface area contributed by atoms with Gasteiger partial charge in [0.25, 0.3) is 0 Å². The zero-order valence-electron chi connectivity index (χ0n) is 30.1. The third kappa shape index (κ3) is 7.08. The van der Waals surface area contributed by atoms with Crippen LogP contribution < -0.4 is 4.90 Å². The van der Waals surface area contributed by atoms with Crippen LogP contribution in [0.2, 0.25) is 5.02 Å². The number of hydrogen-bond acceptors (Lipinski definition) is 2. The Bertz CT molecular complexity index is 1470. The third-order valence-corrected chi connectivity index (χ3v) is 10.9. The van der Waals surface area contributed by atoms with Gasteiger partial charge in [-0.25, -0.2) is 0 Å². The van der Waals surface area contributed by atoms with Gasteiger partial charge in [0.05, 0.1) is 5.69 Å². The Morgan fingerprint density at radius 2 is 1.04 bits per heavy atom. The molecule has 0 saturated heterocycles. The molecule has 0 saturated carbocycles. The lowest BCUT2D eigenvalue weighted by Crippen LogP contribution is -2.20. The molecule has 1 unspecified atom stereocenters. The van der Waals surface area contributed by atoms with Crippen LogP contribution in [0, 0.1) is 11.8 Å². The lowest BCUT2D eigenvalue weighted by molar-refractivity contribution is 0.557. The molecule has 1 atom stereocenters. The number of hydrogen-bond donors (Lipinski definition) is 0. The molecule has 0 N–H and O–H groups in total. The third-order valence-electron chi connectivity index (χ3n) is 9.55. The van der Waals surface area contributed by atoms with Crippen LogP contribution >= 0.6 is 23.4 Å². The Morgan fingerprint density at radius 1 is 0.644 bits per heavy atom.